The molecule has 0 fully saturated rings. The Hall–Kier alpha value is -2.60. The van der Waals surface area contributed by atoms with Crippen molar-refractivity contribution in [3.05, 3.63) is 59.0 Å². The van der Waals surface area contributed by atoms with Gasteiger partial charge in [-0.2, -0.15) is 0 Å². The number of amides is 1. The van der Waals surface area contributed by atoms with Crippen molar-refractivity contribution in [2.24, 2.45) is 5.73 Å². The Morgan fingerprint density at radius 3 is 2.64 bits per heavy atom. The summed E-state index contributed by atoms with van der Waals surface area (Å²) in [7, 11) is 1.30. The van der Waals surface area contributed by atoms with Gasteiger partial charge in [0.25, 0.3) is 0 Å². The Morgan fingerprint density at radius 2 is 2.00 bits per heavy atom. The van der Waals surface area contributed by atoms with Crippen molar-refractivity contribution in [2.75, 3.05) is 7.11 Å². The molecule has 1 amide bonds. The van der Waals surface area contributed by atoms with Crippen LogP contribution in [0.2, 0.25) is 0 Å². The normalized spacial score (nSPS) is 11.8. The number of rotatable bonds is 5. The first-order valence-electron chi connectivity index (χ1n) is 6.78. The van der Waals surface area contributed by atoms with Crippen molar-refractivity contribution >= 4 is 11.9 Å². The number of aryl methyl sites for hydroxylation is 1. The molecule has 0 saturated carbocycles. The average Bonchev–Trinajstić information content (AvgIpc) is 2.92. The lowest BCUT2D eigenvalue weighted by Gasteiger charge is -2.11. The molecule has 1 heterocycles. The van der Waals surface area contributed by atoms with E-state index in [9.17, 15) is 9.59 Å². The van der Waals surface area contributed by atoms with Crippen molar-refractivity contribution in [3.63, 3.8) is 0 Å². The zero-order valence-electron chi connectivity index (χ0n) is 12.5. The number of carbonyl (C=O) groups is 2. The van der Waals surface area contributed by atoms with E-state index in [1.807, 2.05) is 18.2 Å². The van der Waals surface area contributed by atoms with E-state index in [-0.39, 0.29) is 12.5 Å². The number of methoxy groups -OCH3 is 1. The lowest BCUT2D eigenvalue weighted by Crippen LogP contribution is -2.33. The Morgan fingerprint density at radius 1 is 1.32 bits per heavy atom. The van der Waals surface area contributed by atoms with Gasteiger partial charge in [-0.05, 0) is 18.6 Å². The minimum absolute atomic E-state index is 0.150. The Kier molecular flexibility index (Phi) is 4.95. The van der Waals surface area contributed by atoms with Crippen molar-refractivity contribution in [2.45, 2.75) is 19.5 Å². The van der Waals surface area contributed by atoms with Gasteiger partial charge in [0.15, 0.2) is 0 Å². The third-order valence-corrected chi connectivity index (χ3v) is 3.25. The standard InChI is InChI=1S/C16H18N2O4/c1-10-13(16(20)21-2)8-12(22-10)9-18-15(19)14(17)11-6-4-3-5-7-11/h3-8,14H,9,17H2,1-2H3,(H,18,19). The molecule has 1 atom stereocenters. The molecule has 0 aliphatic heterocycles. The molecule has 22 heavy (non-hydrogen) atoms. The number of esters is 1. The van der Waals surface area contributed by atoms with Crippen molar-refractivity contribution < 1.29 is 18.7 Å². The lowest BCUT2D eigenvalue weighted by atomic mass is 10.1. The van der Waals surface area contributed by atoms with Crippen LogP contribution in [0.1, 0.15) is 33.5 Å². The molecular formula is C16H18N2O4. The molecule has 0 aliphatic rings. The first-order chi connectivity index (χ1) is 10.5. The summed E-state index contributed by atoms with van der Waals surface area (Å²) in [5.41, 5.74) is 6.96. The third kappa shape index (κ3) is 3.53. The Balaban J connectivity index is 1.98. The number of hydrogen-bond acceptors (Lipinski definition) is 5. The number of nitrogens with two attached hydrogens (primary N) is 1. The number of nitrogens with one attached hydrogen (secondary N) is 1. The van der Waals surface area contributed by atoms with Crippen LogP contribution < -0.4 is 11.1 Å². The Labute approximate surface area is 128 Å². The van der Waals surface area contributed by atoms with Gasteiger partial charge in [-0.15, -0.1) is 0 Å². The van der Waals surface area contributed by atoms with E-state index in [4.69, 9.17) is 10.2 Å². The molecule has 0 spiro atoms. The van der Waals surface area contributed by atoms with Crippen LogP contribution in [0.5, 0.6) is 0 Å². The van der Waals surface area contributed by atoms with E-state index in [1.165, 1.54) is 7.11 Å². The molecule has 0 bridgehead atoms. The summed E-state index contributed by atoms with van der Waals surface area (Å²) in [6.45, 7) is 1.81. The van der Waals surface area contributed by atoms with E-state index < -0.39 is 12.0 Å². The fourth-order valence-corrected chi connectivity index (χ4v) is 2.04. The van der Waals surface area contributed by atoms with Gasteiger partial charge in [-0.25, -0.2) is 4.79 Å². The monoisotopic (exact) mass is 302 g/mol. The zero-order chi connectivity index (χ0) is 16.1. The minimum Gasteiger partial charge on any atom is -0.465 e. The van der Waals surface area contributed by atoms with Crippen LogP contribution in [0.25, 0.3) is 0 Å². The molecule has 6 nitrogen and oxygen atoms in total. The van der Waals surface area contributed by atoms with E-state index in [0.29, 0.717) is 17.1 Å². The maximum absolute atomic E-state index is 12.0. The van der Waals surface area contributed by atoms with Crippen molar-refractivity contribution in [3.8, 4) is 0 Å². The number of ether oxygens (including phenoxy) is 1. The van der Waals surface area contributed by atoms with Crippen LogP contribution in [0.4, 0.5) is 0 Å². The molecule has 1 aromatic carbocycles. The summed E-state index contributed by atoms with van der Waals surface area (Å²) in [5.74, 6) is 0.120. The molecule has 2 rings (SSSR count). The van der Waals surface area contributed by atoms with Gasteiger partial charge in [-0.3, -0.25) is 4.79 Å². The van der Waals surface area contributed by atoms with E-state index in [1.54, 1.807) is 25.1 Å². The molecule has 0 saturated heterocycles. The average molecular weight is 302 g/mol. The highest BCUT2D eigenvalue weighted by molar-refractivity contribution is 5.90. The molecule has 0 aliphatic carbocycles. The third-order valence-electron chi connectivity index (χ3n) is 3.25. The fraction of sp³-hybridized carbons (Fsp3) is 0.250. The summed E-state index contributed by atoms with van der Waals surface area (Å²) in [4.78, 5) is 23.5. The van der Waals surface area contributed by atoms with Gasteiger partial charge >= 0.3 is 5.97 Å². The SMILES string of the molecule is COC(=O)c1cc(CNC(=O)C(N)c2ccccc2)oc1C. The van der Waals surface area contributed by atoms with Gasteiger partial charge in [0.1, 0.15) is 23.1 Å². The van der Waals surface area contributed by atoms with Crippen LogP contribution in [0, 0.1) is 6.92 Å². The summed E-state index contributed by atoms with van der Waals surface area (Å²) in [6, 6.07) is 9.87. The smallest absolute Gasteiger partial charge is 0.341 e. The van der Waals surface area contributed by atoms with Gasteiger partial charge in [0.2, 0.25) is 5.91 Å². The van der Waals surface area contributed by atoms with E-state index in [0.717, 1.165) is 5.56 Å². The van der Waals surface area contributed by atoms with Crippen molar-refractivity contribution in [1.82, 2.24) is 5.32 Å². The molecular weight excluding hydrogens is 284 g/mol. The summed E-state index contributed by atoms with van der Waals surface area (Å²) < 4.78 is 10.1. The van der Waals surface area contributed by atoms with Crippen LogP contribution in [0.15, 0.2) is 40.8 Å². The van der Waals surface area contributed by atoms with Gasteiger partial charge in [0.05, 0.1) is 13.7 Å². The van der Waals surface area contributed by atoms with Crippen LogP contribution in [0.3, 0.4) is 0 Å². The summed E-state index contributed by atoms with van der Waals surface area (Å²) >= 11 is 0. The van der Waals surface area contributed by atoms with E-state index >= 15 is 0 Å². The zero-order valence-corrected chi connectivity index (χ0v) is 12.5. The second kappa shape index (κ2) is 6.91. The molecule has 116 valence electrons. The highest BCUT2D eigenvalue weighted by Crippen LogP contribution is 2.16. The number of hydrogen-bond donors (Lipinski definition) is 2. The van der Waals surface area contributed by atoms with Gasteiger partial charge in [-0.1, -0.05) is 30.3 Å². The second-order valence-electron chi connectivity index (χ2n) is 4.78. The van der Waals surface area contributed by atoms with Crippen LogP contribution >= 0.6 is 0 Å². The lowest BCUT2D eigenvalue weighted by molar-refractivity contribution is -0.122. The maximum Gasteiger partial charge on any atom is 0.341 e. The predicted octanol–water partition coefficient (Wildman–Crippen LogP) is 1.69. The Bertz CT molecular complexity index is 664. The first-order valence-corrected chi connectivity index (χ1v) is 6.78. The van der Waals surface area contributed by atoms with E-state index in [2.05, 4.69) is 10.1 Å². The minimum atomic E-state index is -0.752. The van der Waals surface area contributed by atoms with Crippen molar-refractivity contribution in [1.29, 1.82) is 0 Å². The van der Waals surface area contributed by atoms with Crippen LogP contribution in [-0.2, 0) is 16.1 Å². The number of benzene rings is 1. The summed E-state index contributed by atoms with van der Waals surface area (Å²) in [6.07, 6.45) is 0. The topological polar surface area (TPSA) is 94.6 Å². The van der Waals surface area contributed by atoms with Crippen LogP contribution in [-0.4, -0.2) is 19.0 Å². The highest BCUT2D eigenvalue weighted by Gasteiger charge is 2.18. The molecule has 0 radical (unpaired) electrons. The van der Waals surface area contributed by atoms with Gasteiger partial charge < -0.3 is 20.2 Å². The molecule has 6 heteroatoms. The fourth-order valence-electron chi connectivity index (χ4n) is 2.04. The first kappa shape index (κ1) is 15.8. The number of carbonyl (C=O) groups excluding carboxylic acids is 2. The number of furan rings is 1. The molecule has 1 aromatic heterocycles. The quantitative estimate of drug-likeness (QED) is 0.820. The largest absolute Gasteiger partial charge is 0.465 e. The summed E-state index contributed by atoms with van der Waals surface area (Å²) in [5, 5.41) is 2.68. The maximum atomic E-state index is 12.0. The highest BCUT2D eigenvalue weighted by atomic mass is 16.5. The second-order valence-corrected chi connectivity index (χ2v) is 4.78. The molecule has 3 N–H and O–H groups in total. The predicted molar refractivity (Wildman–Crippen MR) is 80.0 cm³/mol. The molecule has 1 unspecified atom stereocenters. The molecule has 2 aromatic rings. The van der Waals surface area contributed by atoms with Gasteiger partial charge in [0, 0.05) is 0 Å².